The topological polar surface area (TPSA) is 83.8 Å². The third kappa shape index (κ3) is 4.34. The molecular weight excluding hydrogens is 342 g/mol. The molecule has 0 bridgehead atoms. The number of hydrogen-bond acceptors (Lipinski definition) is 3. The van der Waals surface area contributed by atoms with Crippen LogP contribution in [0.2, 0.25) is 0 Å². The van der Waals surface area contributed by atoms with Gasteiger partial charge in [-0.15, -0.1) is 24.8 Å². The summed E-state index contributed by atoms with van der Waals surface area (Å²) in [6.07, 6.45) is 4.58. The van der Waals surface area contributed by atoms with Crippen molar-refractivity contribution in [1.29, 1.82) is 0 Å². The molecule has 4 N–H and O–H groups in total. The summed E-state index contributed by atoms with van der Waals surface area (Å²) in [7, 11) is 0. The van der Waals surface area contributed by atoms with Gasteiger partial charge in [-0.25, -0.2) is 9.37 Å². The largest absolute Gasteiger partial charge is 0.347 e. The van der Waals surface area contributed by atoms with Crippen LogP contribution in [0.3, 0.4) is 0 Å². The van der Waals surface area contributed by atoms with E-state index in [9.17, 15) is 9.18 Å². The van der Waals surface area contributed by atoms with E-state index in [2.05, 4.69) is 15.3 Å². The maximum absolute atomic E-state index is 13.1. The van der Waals surface area contributed by atoms with Gasteiger partial charge in [0.15, 0.2) is 0 Å². The van der Waals surface area contributed by atoms with Gasteiger partial charge in [0, 0.05) is 0 Å². The van der Waals surface area contributed by atoms with E-state index in [4.69, 9.17) is 5.73 Å². The van der Waals surface area contributed by atoms with E-state index in [1.165, 1.54) is 12.1 Å². The zero-order valence-corrected chi connectivity index (χ0v) is 14.2. The van der Waals surface area contributed by atoms with Crippen molar-refractivity contribution in [2.75, 3.05) is 0 Å². The van der Waals surface area contributed by atoms with Gasteiger partial charge in [-0.05, 0) is 31.0 Å². The fourth-order valence-corrected chi connectivity index (χ4v) is 2.87. The van der Waals surface area contributed by atoms with Crippen LogP contribution in [0.5, 0.6) is 0 Å². The summed E-state index contributed by atoms with van der Waals surface area (Å²) in [5, 5.41) is 2.83. The van der Waals surface area contributed by atoms with Crippen molar-refractivity contribution in [3.05, 3.63) is 29.8 Å². The standard InChI is InChI=1S/C15H19FN4O.2ClH/c16-10-4-5-11-12(8-10)20-13(19-11)9-18-14(21)15(17)6-2-1-3-7-15;;/h4-5,8H,1-3,6-7,9,17H2,(H,18,21)(H,19,20);2*1H. The lowest BCUT2D eigenvalue weighted by molar-refractivity contribution is -0.127. The summed E-state index contributed by atoms with van der Waals surface area (Å²) in [5.74, 6) is 0.155. The summed E-state index contributed by atoms with van der Waals surface area (Å²) < 4.78 is 13.1. The highest BCUT2D eigenvalue weighted by atomic mass is 35.5. The molecule has 1 fully saturated rings. The number of imidazole rings is 1. The molecule has 1 aromatic heterocycles. The fourth-order valence-electron chi connectivity index (χ4n) is 2.87. The van der Waals surface area contributed by atoms with Crippen molar-refractivity contribution >= 4 is 41.8 Å². The molecule has 1 amide bonds. The Labute approximate surface area is 146 Å². The second kappa shape index (κ2) is 7.95. The quantitative estimate of drug-likeness (QED) is 0.784. The number of fused-ring (bicyclic) bond motifs is 1. The lowest BCUT2D eigenvalue weighted by atomic mass is 9.82. The van der Waals surface area contributed by atoms with E-state index in [0.717, 1.165) is 32.1 Å². The van der Waals surface area contributed by atoms with E-state index in [1.807, 2.05) is 0 Å². The molecule has 8 heteroatoms. The Morgan fingerprint density at radius 2 is 2.00 bits per heavy atom. The lowest BCUT2D eigenvalue weighted by Gasteiger charge is -2.31. The molecule has 1 saturated carbocycles. The zero-order valence-electron chi connectivity index (χ0n) is 12.6. The van der Waals surface area contributed by atoms with Crippen LogP contribution in [0, 0.1) is 5.82 Å². The monoisotopic (exact) mass is 362 g/mol. The van der Waals surface area contributed by atoms with E-state index < -0.39 is 5.54 Å². The molecule has 0 aliphatic heterocycles. The highest BCUT2D eigenvalue weighted by Crippen LogP contribution is 2.26. The van der Waals surface area contributed by atoms with Crippen LogP contribution in [-0.4, -0.2) is 21.4 Å². The molecule has 0 spiro atoms. The molecule has 1 aromatic carbocycles. The number of halogens is 3. The van der Waals surface area contributed by atoms with Crippen LogP contribution >= 0.6 is 24.8 Å². The van der Waals surface area contributed by atoms with Crippen molar-refractivity contribution in [3.63, 3.8) is 0 Å². The lowest BCUT2D eigenvalue weighted by Crippen LogP contribution is -2.54. The highest BCUT2D eigenvalue weighted by Gasteiger charge is 2.35. The van der Waals surface area contributed by atoms with Gasteiger partial charge in [-0.1, -0.05) is 19.3 Å². The third-order valence-corrected chi connectivity index (χ3v) is 4.11. The Hall–Kier alpha value is -1.37. The maximum Gasteiger partial charge on any atom is 0.240 e. The average Bonchev–Trinajstić information content (AvgIpc) is 2.87. The highest BCUT2D eigenvalue weighted by molar-refractivity contribution is 5.86. The molecule has 0 radical (unpaired) electrons. The summed E-state index contributed by atoms with van der Waals surface area (Å²) in [5.41, 5.74) is 6.72. The number of aromatic amines is 1. The minimum Gasteiger partial charge on any atom is -0.347 e. The van der Waals surface area contributed by atoms with Crippen LogP contribution in [0.4, 0.5) is 4.39 Å². The van der Waals surface area contributed by atoms with Gasteiger partial charge in [0.2, 0.25) is 5.91 Å². The van der Waals surface area contributed by atoms with E-state index in [-0.39, 0.29) is 43.1 Å². The third-order valence-electron chi connectivity index (χ3n) is 4.11. The van der Waals surface area contributed by atoms with Gasteiger partial charge >= 0.3 is 0 Å². The summed E-state index contributed by atoms with van der Waals surface area (Å²) >= 11 is 0. The number of rotatable bonds is 3. The zero-order chi connectivity index (χ0) is 14.9. The number of nitrogens with one attached hydrogen (secondary N) is 2. The first-order chi connectivity index (χ1) is 10.1. The first kappa shape index (κ1) is 19.7. The van der Waals surface area contributed by atoms with E-state index >= 15 is 0 Å². The number of benzene rings is 1. The number of nitrogens with two attached hydrogens (primary N) is 1. The van der Waals surface area contributed by atoms with Gasteiger partial charge < -0.3 is 16.0 Å². The van der Waals surface area contributed by atoms with Gasteiger partial charge in [0.1, 0.15) is 11.6 Å². The first-order valence-corrected chi connectivity index (χ1v) is 7.28. The van der Waals surface area contributed by atoms with Crippen LogP contribution < -0.4 is 11.1 Å². The van der Waals surface area contributed by atoms with Crippen molar-refractivity contribution < 1.29 is 9.18 Å². The smallest absolute Gasteiger partial charge is 0.240 e. The van der Waals surface area contributed by atoms with E-state index in [0.29, 0.717) is 16.9 Å². The summed E-state index contributed by atoms with van der Waals surface area (Å²) in [6.45, 7) is 0.272. The number of carbonyl (C=O) groups is 1. The van der Waals surface area contributed by atoms with Crippen molar-refractivity contribution in [3.8, 4) is 0 Å². The van der Waals surface area contributed by atoms with Gasteiger partial charge in [0.05, 0.1) is 23.1 Å². The predicted octanol–water partition coefficient (Wildman–Crippen LogP) is 2.82. The van der Waals surface area contributed by atoms with Crippen LogP contribution in [-0.2, 0) is 11.3 Å². The molecule has 1 aliphatic rings. The number of carbonyl (C=O) groups excluding carboxylic acids is 1. The number of H-pyrrole nitrogens is 1. The summed E-state index contributed by atoms with van der Waals surface area (Å²) in [6, 6.07) is 4.36. The Balaban J connectivity index is 0.00000132. The minimum absolute atomic E-state index is 0. The Morgan fingerprint density at radius 3 is 2.70 bits per heavy atom. The molecule has 1 aliphatic carbocycles. The molecule has 0 atom stereocenters. The number of amides is 1. The molecule has 23 heavy (non-hydrogen) atoms. The Bertz CT molecular complexity index is 671. The molecule has 0 unspecified atom stereocenters. The van der Waals surface area contributed by atoms with Crippen LogP contribution in [0.25, 0.3) is 11.0 Å². The van der Waals surface area contributed by atoms with Gasteiger partial charge in [0.25, 0.3) is 0 Å². The predicted molar refractivity (Wildman–Crippen MR) is 92.4 cm³/mol. The van der Waals surface area contributed by atoms with Crippen LogP contribution in [0.1, 0.15) is 37.9 Å². The second-order valence-electron chi connectivity index (χ2n) is 5.74. The summed E-state index contributed by atoms with van der Waals surface area (Å²) in [4.78, 5) is 19.5. The molecule has 2 aromatic rings. The maximum atomic E-state index is 13.1. The number of aromatic nitrogens is 2. The second-order valence-corrected chi connectivity index (χ2v) is 5.74. The molecule has 3 rings (SSSR count). The molecule has 0 saturated heterocycles. The first-order valence-electron chi connectivity index (χ1n) is 7.28. The molecule has 5 nitrogen and oxygen atoms in total. The fraction of sp³-hybridized carbons (Fsp3) is 0.467. The number of hydrogen-bond donors (Lipinski definition) is 3. The number of nitrogens with zero attached hydrogens (tertiary/aromatic N) is 1. The van der Waals surface area contributed by atoms with Crippen molar-refractivity contribution in [2.24, 2.45) is 5.73 Å². The normalized spacial score (nSPS) is 16.3. The minimum atomic E-state index is -0.754. The van der Waals surface area contributed by atoms with Gasteiger partial charge in [-0.2, -0.15) is 0 Å². The van der Waals surface area contributed by atoms with Crippen molar-refractivity contribution in [1.82, 2.24) is 15.3 Å². The van der Waals surface area contributed by atoms with Gasteiger partial charge in [-0.3, -0.25) is 4.79 Å². The van der Waals surface area contributed by atoms with E-state index in [1.54, 1.807) is 6.07 Å². The van der Waals surface area contributed by atoms with Crippen molar-refractivity contribution in [2.45, 2.75) is 44.2 Å². The van der Waals surface area contributed by atoms with Crippen LogP contribution in [0.15, 0.2) is 18.2 Å². The molecule has 1 heterocycles. The Kier molecular flexibility index (Phi) is 6.80. The SMILES string of the molecule is Cl.Cl.NC1(C(=O)NCc2nc3ccc(F)cc3[nH]2)CCCCC1. The molecule has 128 valence electrons. The molecular formula is C15H21Cl2FN4O. The average molecular weight is 363 g/mol. The Morgan fingerprint density at radius 1 is 1.30 bits per heavy atom.